The Morgan fingerprint density at radius 3 is 2.55 bits per heavy atom. The smallest absolute Gasteiger partial charge is 0.243 e. The van der Waals surface area contributed by atoms with Crippen molar-refractivity contribution in [1.29, 1.82) is 0 Å². The summed E-state index contributed by atoms with van der Waals surface area (Å²) < 4.78 is 5.76. The second kappa shape index (κ2) is 10.1. The van der Waals surface area contributed by atoms with Crippen LogP contribution in [0.1, 0.15) is 36.0 Å². The molecule has 0 fully saturated rings. The fourth-order valence-electron chi connectivity index (χ4n) is 3.46. The van der Waals surface area contributed by atoms with E-state index in [0.717, 1.165) is 16.8 Å². The van der Waals surface area contributed by atoms with Crippen molar-refractivity contribution in [1.82, 2.24) is 9.99 Å². The number of benzene rings is 2. The lowest BCUT2D eigenvalue weighted by molar-refractivity contribution is -0.132. The number of anilines is 1. The third-order valence-electron chi connectivity index (χ3n) is 5.48. The molecule has 0 saturated heterocycles. The van der Waals surface area contributed by atoms with E-state index >= 15 is 0 Å². The molecule has 0 unspecified atom stereocenters. The van der Waals surface area contributed by atoms with Gasteiger partial charge in [-0.1, -0.05) is 36.4 Å². The second-order valence-corrected chi connectivity index (χ2v) is 7.96. The lowest BCUT2D eigenvalue weighted by Gasteiger charge is -2.11. The predicted octanol–water partition coefficient (Wildman–Crippen LogP) is 4.85. The Morgan fingerprint density at radius 1 is 1.00 bits per heavy atom. The monoisotopic (exact) mass is 442 g/mol. The molecule has 1 aliphatic heterocycles. The van der Waals surface area contributed by atoms with Gasteiger partial charge in [-0.05, 0) is 48.7 Å². The molecule has 168 valence electrons. The minimum atomic E-state index is -0.251. The average Bonchev–Trinajstić information content (AvgIpc) is 3.32. The average molecular weight is 443 g/mol. The Balaban J connectivity index is 1.25. The first kappa shape index (κ1) is 22.2. The first-order valence-electron chi connectivity index (χ1n) is 10.9. The summed E-state index contributed by atoms with van der Waals surface area (Å²) in [6.45, 7) is 4.61. The molecule has 2 aromatic carbocycles. The quantitative estimate of drug-likeness (QED) is 0.567. The maximum Gasteiger partial charge on any atom is 0.243 e. The van der Waals surface area contributed by atoms with Gasteiger partial charge in [-0.3, -0.25) is 9.59 Å². The van der Waals surface area contributed by atoms with E-state index in [9.17, 15) is 9.59 Å². The number of amides is 2. The van der Waals surface area contributed by atoms with Crippen LogP contribution < -0.4 is 10.1 Å². The standard InChI is InChI=1S/C26H26N4O3/c1-18-8-10-22(16-19(18)2)33-25-12-9-21(17-27-25)28-24(31)11-13-26(32)30-15-14-23(29-30)20-6-4-3-5-7-20/h3-10,12,16-17H,11,13-15H2,1-2H3,(H,28,31). The zero-order valence-electron chi connectivity index (χ0n) is 18.7. The van der Waals surface area contributed by atoms with Gasteiger partial charge in [0.25, 0.3) is 0 Å². The highest BCUT2D eigenvalue weighted by Gasteiger charge is 2.22. The molecule has 0 aliphatic carbocycles. The van der Waals surface area contributed by atoms with Gasteiger partial charge in [-0.15, -0.1) is 0 Å². The summed E-state index contributed by atoms with van der Waals surface area (Å²) in [7, 11) is 0. The van der Waals surface area contributed by atoms with Crippen LogP contribution in [0.15, 0.2) is 72.0 Å². The summed E-state index contributed by atoms with van der Waals surface area (Å²) in [5.41, 5.74) is 4.79. The SMILES string of the molecule is Cc1ccc(Oc2ccc(NC(=O)CCC(=O)N3CCC(c4ccccc4)=N3)cn2)cc1C. The highest BCUT2D eigenvalue weighted by atomic mass is 16.5. The van der Waals surface area contributed by atoms with Crippen LogP contribution in [0.25, 0.3) is 0 Å². The predicted molar refractivity (Wildman–Crippen MR) is 127 cm³/mol. The zero-order valence-corrected chi connectivity index (χ0v) is 18.7. The van der Waals surface area contributed by atoms with E-state index in [1.54, 1.807) is 12.1 Å². The molecule has 1 aliphatic rings. The molecule has 0 atom stereocenters. The van der Waals surface area contributed by atoms with Crippen molar-refractivity contribution in [3.8, 4) is 11.6 Å². The number of aryl methyl sites for hydroxylation is 2. The van der Waals surface area contributed by atoms with Crippen LogP contribution in [0.5, 0.6) is 11.6 Å². The fourth-order valence-corrected chi connectivity index (χ4v) is 3.46. The molecule has 7 nitrogen and oxygen atoms in total. The molecule has 4 rings (SSSR count). The summed E-state index contributed by atoms with van der Waals surface area (Å²) >= 11 is 0. The Hall–Kier alpha value is -4.00. The van der Waals surface area contributed by atoms with Crippen molar-refractivity contribution >= 4 is 23.2 Å². The molecule has 0 radical (unpaired) electrons. The van der Waals surface area contributed by atoms with E-state index in [-0.39, 0.29) is 24.7 Å². The lowest BCUT2D eigenvalue weighted by atomic mass is 10.1. The van der Waals surface area contributed by atoms with E-state index in [1.807, 2.05) is 62.4 Å². The zero-order chi connectivity index (χ0) is 23.2. The van der Waals surface area contributed by atoms with E-state index in [0.29, 0.717) is 30.3 Å². The third-order valence-corrected chi connectivity index (χ3v) is 5.48. The molecule has 0 bridgehead atoms. The van der Waals surface area contributed by atoms with Crippen LogP contribution in [0.3, 0.4) is 0 Å². The number of ether oxygens (including phenoxy) is 1. The first-order chi connectivity index (χ1) is 16.0. The number of nitrogens with one attached hydrogen (secondary N) is 1. The number of carbonyl (C=O) groups excluding carboxylic acids is 2. The lowest BCUT2D eigenvalue weighted by Crippen LogP contribution is -2.25. The molecule has 0 saturated carbocycles. The van der Waals surface area contributed by atoms with Crippen LogP contribution in [0.4, 0.5) is 5.69 Å². The van der Waals surface area contributed by atoms with E-state index in [4.69, 9.17) is 4.74 Å². The van der Waals surface area contributed by atoms with Gasteiger partial charge < -0.3 is 10.1 Å². The molecule has 2 amide bonds. The molecule has 3 aromatic rings. The van der Waals surface area contributed by atoms with Crippen molar-refractivity contribution in [3.05, 3.63) is 83.6 Å². The highest BCUT2D eigenvalue weighted by molar-refractivity contribution is 6.02. The number of hydrogen-bond donors (Lipinski definition) is 1. The minimum Gasteiger partial charge on any atom is -0.439 e. The van der Waals surface area contributed by atoms with Gasteiger partial charge in [0.1, 0.15) is 5.75 Å². The van der Waals surface area contributed by atoms with Gasteiger partial charge in [0, 0.05) is 25.3 Å². The van der Waals surface area contributed by atoms with Crippen LogP contribution in [-0.4, -0.2) is 34.1 Å². The van der Waals surface area contributed by atoms with Crippen LogP contribution in [0.2, 0.25) is 0 Å². The van der Waals surface area contributed by atoms with Crippen LogP contribution in [0, 0.1) is 13.8 Å². The van der Waals surface area contributed by atoms with E-state index in [2.05, 4.69) is 15.4 Å². The number of hydrazone groups is 1. The van der Waals surface area contributed by atoms with E-state index in [1.165, 1.54) is 16.8 Å². The third kappa shape index (κ3) is 5.83. The van der Waals surface area contributed by atoms with Crippen molar-refractivity contribution in [2.45, 2.75) is 33.1 Å². The van der Waals surface area contributed by atoms with Gasteiger partial charge in [-0.25, -0.2) is 9.99 Å². The summed E-state index contributed by atoms with van der Waals surface area (Å²) in [6.07, 6.45) is 2.42. The van der Waals surface area contributed by atoms with Crippen LogP contribution in [-0.2, 0) is 9.59 Å². The van der Waals surface area contributed by atoms with Gasteiger partial charge in [0.15, 0.2) is 0 Å². The number of nitrogens with zero attached hydrogens (tertiary/aromatic N) is 3. The topological polar surface area (TPSA) is 83.9 Å². The first-order valence-corrected chi connectivity index (χ1v) is 10.9. The largest absolute Gasteiger partial charge is 0.439 e. The van der Waals surface area contributed by atoms with Crippen molar-refractivity contribution in [2.24, 2.45) is 5.10 Å². The normalized spacial score (nSPS) is 12.9. The van der Waals surface area contributed by atoms with Crippen molar-refractivity contribution in [2.75, 3.05) is 11.9 Å². The number of hydrogen-bond acceptors (Lipinski definition) is 5. The van der Waals surface area contributed by atoms with Gasteiger partial charge in [-0.2, -0.15) is 5.10 Å². The Labute approximate surface area is 193 Å². The second-order valence-electron chi connectivity index (χ2n) is 7.96. The summed E-state index contributed by atoms with van der Waals surface area (Å²) in [5.74, 6) is 0.735. The van der Waals surface area contributed by atoms with Gasteiger partial charge in [0.2, 0.25) is 17.7 Å². The molecular weight excluding hydrogens is 416 g/mol. The Bertz CT molecular complexity index is 1170. The number of pyridine rings is 1. The molecule has 2 heterocycles. The van der Waals surface area contributed by atoms with E-state index < -0.39 is 0 Å². The van der Waals surface area contributed by atoms with Gasteiger partial charge >= 0.3 is 0 Å². The molecule has 1 N–H and O–H groups in total. The molecule has 0 spiro atoms. The number of carbonyl (C=O) groups is 2. The van der Waals surface area contributed by atoms with Crippen molar-refractivity contribution in [3.63, 3.8) is 0 Å². The maximum absolute atomic E-state index is 12.5. The fraction of sp³-hybridized carbons (Fsp3) is 0.231. The number of aromatic nitrogens is 1. The minimum absolute atomic E-state index is 0.0758. The van der Waals surface area contributed by atoms with Gasteiger partial charge in [0.05, 0.1) is 24.1 Å². The van der Waals surface area contributed by atoms with Crippen LogP contribution >= 0.6 is 0 Å². The summed E-state index contributed by atoms with van der Waals surface area (Å²) in [6, 6.07) is 19.1. The summed E-state index contributed by atoms with van der Waals surface area (Å²) in [4.78, 5) is 29.0. The van der Waals surface area contributed by atoms with Crippen molar-refractivity contribution < 1.29 is 14.3 Å². The number of rotatable bonds is 7. The molecular formula is C26H26N4O3. The maximum atomic E-state index is 12.5. The summed E-state index contributed by atoms with van der Waals surface area (Å²) in [5, 5.41) is 8.64. The molecule has 7 heteroatoms. The molecule has 1 aromatic heterocycles. The Kier molecular flexibility index (Phi) is 6.78. The Morgan fingerprint density at radius 2 is 1.82 bits per heavy atom. The molecule has 33 heavy (non-hydrogen) atoms. The highest BCUT2D eigenvalue weighted by Crippen LogP contribution is 2.23.